The lowest BCUT2D eigenvalue weighted by atomic mass is 10.2. The molecular formula is C10H19N3S. The van der Waals surface area contributed by atoms with E-state index in [1.165, 1.54) is 4.88 Å². The lowest BCUT2D eigenvalue weighted by Gasteiger charge is -2.16. The SMILES string of the molecule is CCN(CC)c1nc(C)c(C(C)N)s1. The quantitative estimate of drug-likeness (QED) is 0.834. The van der Waals surface area contributed by atoms with Crippen molar-refractivity contribution in [3.8, 4) is 0 Å². The van der Waals surface area contributed by atoms with Crippen LogP contribution in [0, 0.1) is 6.92 Å². The van der Waals surface area contributed by atoms with Gasteiger partial charge in [-0.1, -0.05) is 0 Å². The van der Waals surface area contributed by atoms with Crippen molar-refractivity contribution in [1.29, 1.82) is 0 Å². The van der Waals surface area contributed by atoms with Crippen LogP contribution in [0.25, 0.3) is 0 Å². The zero-order chi connectivity index (χ0) is 10.7. The van der Waals surface area contributed by atoms with E-state index in [9.17, 15) is 0 Å². The molecule has 0 spiro atoms. The Kier molecular flexibility index (Phi) is 3.89. The number of aryl methyl sites for hydroxylation is 1. The predicted octanol–water partition coefficient (Wildman–Crippen LogP) is 2.32. The largest absolute Gasteiger partial charge is 0.349 e. The van der Waals surface area contributed by atoms with E-state index in [4.69, 9.17) is 5.73 Å². The third kappa shape index (κ3) is 2.25. The van der Waals surface area contributed by atoms with Crippen molar-refractivity contribution < 1.29 is 0 Å². The summed E-state index contributed by atoms with van der Waals surface area (Å²) in [6.45, 7) is 10.3. The van der Waals surface area contributed by atoms with Crippen LogP contribution in [0.15, 0.2) is 0 Å². The van der Waals surface area contributed by atoms with Crippen LogP contribution in [-0.4, -0.2) is 18.1 Å². The number of hydrogen-bond donors (Lipinski definition) is 1. The molecule has 4 heteroatoms. The molecule has 80 valence electrons. The van der Waals surface area contributed by atoms with E-state index in [1.54, 1.807) is 11.3 Å². The fraction of sp³-hybridized carbons (Fsp3) is 0.700. The van der Waals surface area contributed by atoms with Crippen LogP contribution in [0.3, 0.4) is 0 Å². The molecule has 1 atom stereocenters. The monoisotopic (exact) mass is 213 g/mol. The minimum absolute atomic E-state index is 0.0943. The van der Waals surface area contributed by atoms with Crippen molar-refractivity contribution >= 4 is 16.5 Å². The summed E-state index contributed by atoms with van der Waals surface area (Å²) in [4.78, 5) is 7.99. The summed E-state index contributed by atoms with van der Waals surface area (Å²) < 4.78 is 0. The number of aromatic nitrogens is 1. The van der Waals surface area contributed by atoms with Crippen molar-refractivity contribution in [1.82, 2.24) is 4.98 Å². The highest BCUT2D eigenvalue weighted by Crippen LogP contribution is 2.29. The van der Waals surface area contributed by atoms with Crippen LogP contribution in [0.1, 0.15) is 37.4 Å². The molecule has 1 heterocycles. The first-order valence-electron chi connectivity index (χ1n) is 5.08. The highest BCUT2D eigenvalue weighted by molar-refractivity contribution is 7.15. The molecule has 0 fully saturated rings. The van der Waals surface area contributed by atoms with Crippen LogP contribution >= 0.6 is 11.3 Å². The second-order valence-electron chi connectivity index (χ2n) is 3.41. The molecule has 1 unspecified atom stereocenters. The molecule has 2 N–H and O–H groups in total. The molecule has 14 heavy (non-hydrogen) atoms. The van der Waals surface area contributed by atoms with E-state index < -0.39 is 0 Å². The van der Waals surface area contributed by atoms with Crippen molar-refractivity contribution in [2.24, 2.45) is 5.73 Å². The molecule has 0 aromatic carbocycles. The van der Waals surface area contributed by atoms with Gasteiger partial charge in [-0.25, -0.2) is 4.98 Å². The highest BCUT2D eigenvalue weighted by Gasteiger charge is 2.13. The standard InChI is InChI=1S/C10H19N3S/c1-5-13(6-2)10-12-8(4)9(14-10)7(3)11/h7H,5-6,11H2,1-4H3. The van der Waals surface area contributed by atoms with Gasteiger partial charge in [-0.3, -0.25) is 0 Å². The minimum Gasteiger partial charge on any atom is -0.349 e. The van der Waals surface area contributed by atoms with Crippen LogP contribution in [0.2, 0.25) is 0 Å². The Morgan fingerprint density at radius 3 is 2.36 bits per heavy atom. The van der Waals surface area contributed by atoms with Gasteiger partial charge in [0.25, 0.3) is 0 Å². The summed E-state index contributed by atoms with van der Waals surface area (Å²) in [6, 6.07) is 0.0943. The Morgan fingerprint density at radius 2 is 2.00 bits per heavy atom. The minimum atomic E-state index is 0.0943. The molecule has 1 aromatic heterocycles. The van der Waals surface area contributed by atoms with Gasteiger partial charge in [0.2, 0.25) is 0 Å². The van der Waals surface area contributed by atoms with Gasteiger partial charge in [-0.2, -0.15) is 0 Å². The molecule has 0 saturated carbocycles. The van der Waals surface area contributed by atoms with Gasteiger partial charge in [-0.15, -0.1) is 11.3 Å². The highest BCUT2D eigenvalue weighted by atomic mass is 32.1. The fourth-order valence-corrected chi connectivity index (χ4v) is 2.59. The molecule has 0 saturated heterocycles. The van der Waals surface area contributed by atoms with Crippen molar-refractivity contribution in [2.45, 2.75) is 33.7 Å². The number of nitrogens with zero attached hydrogens (tertiary/aromatic N) is 2. The molecule has 1 rings (SSSR count). The van der Waals surface area contributed by atoms with Crippen LogP contribution < -0.4 is 10.6 Å². The van der Waals surface area contributed by atoms with Crippen LogP contribution in [-0.2, 0) is 0 Å². The van der Waals surface area contributed by atoms with Gasteiger partial charge in [0.05, 0.1) is 5.69 Å². The summed E-state index contributed by atoms with van der Waals surface area (Å²) in [5.74, 6) is 0. The molecule has 0 aliphatic carbocycles. The third-order valence-electron chi connectivity index (χ3n) is 2.27. The summed E-state index contributed by atoms with van der Waals surface area (Å²) >= 11 is 1.71. The van der Waals surface area contributed by atoms with E-state index in [0.29, 0.717) is 0 Å². The van der Waals surface area contributed by atoms with Crippen molar-refractivity contribution in [3.05, 3.63) is 10.6 Å². The lowest BCUT2D eigenvalue weighted by molar-refractivity contribution is 0.823. The third-order valence-corrected chi connectivity index (χ3v) is 3.69. The zero-order valence-corrected chi connectivity index (χ0v) is 10.2. The Hall–Kier alpha value is -0.610. The summed E-state index contributed by atoms with van der Waals surface area (Å²) in [5.41, 5.74) is 6.94. The summed E-state index contributed by atoms with van der Waals surface area (Å²) in [6.07, 6.45) is 0. The smallest absolute Gasteiger partial charge is 0.185 e. The Bertz CT molecular complexity index is 290. The molecule has 3 nitrogen and oxygen atoms in total. The van der Waals surface area contributed by atoms with Crippen molar-refractivity contribution in [2.75, 3.05) is 18.0 Å². The van der Waals surface area contributed by atoms with E-state index in [2.05, 4.69) is 23.7 Å². The second-order valence-corrected chi connectivity index (χ2v) is 4.42. The van der Waals surface area contributed by atoms with E-state index in [-0.39, 0.29) is 6.04 Å². The van der Waals surface area contributed by atoms with Crippen molar-refractivity contribution in [3.63, 3.8) is 0 Å². The van der Waals surface area contributed by atoms with Gasteiger partial charge >= 0.3 is 0 Å². The Balaban J connectivity index is 2.95. The lowest BCUT2D eigenvalue weighted by Crippen LogP contribution is -2.21. The maximum absolute atomic E-state index is 5.86. The van der Waals surface area contributed by atoms with E-state index in [0.717, 1.165) is 23.9 Å². The van der Waals surface area contributed by atoms with Gasteiger partial charge in [0.1, 0.15) is 0 Å². The number of nitrogens with two attached hydrogens (primary N) is 1. The van der Waals surface area contributed by atoms with E-state index >= 15 is 0 Å². The summed E-state index contributed by atoms with van der Waals surface area (Å²) in [5, 5.41) is 1.10. The maximum Gasteiger partial charge on any atom is 0.185 e. The van der Waals surface area contributed by atoms with Gasteiger partial charge in [0.15, 0.2) is 5.13 Å². The number of rotatable bonds is 4. The molecule has 0 amide bonds. The predicted molar refractivity (Wildman–Crippen MR) is 63.0 cm³/mol. The number of hydrogen-bond acceptors (Lipinski definition) is 4. The first kappa shape index (κ1) is 11.5. The normalized spacial score (nSPS) is 12.9. The molecular weight excluding hydrogens is 194 g/mol. The topological polar surface area (TPSA) is 42.2 Å². The average Bonchev–Trinajstić information content (AvgIpc) is 2.50. The number of anilines is 1. The fourth-order valence-electron chi connectivity index (χ4n) is 1.45. The molecule has 0 aliphatic rings. The molecule has 1 aromatic rings. The molecule has 0 radical (unpaired) electrons. The van der Waals surface area contributed by atoms with Crippen LogP contribution in [0.5, 0.6) is 0 Å². The number of thiazole rings is 1. The summed E-state index contributed by atoms with van der Waals surface area (Å²) in [7, 11) is 0. The second kappa shape index (κ2) is 4.75. The van der Waals surface area contributed by atoms with Gasteiger partial charge < -0.3 is 10.6 Å². The Labute approximate surface area is 89.9 Å². The molecule has 0 bridgehead atoms. The first-order valence-corrected chi connectivity index (χ1v) is 5.89. The Morgan fingerprint density at radius 1 is 1.43 bits per heavy atom. The molecule has 0 aliphatic heterocycles. The average molecular weight is 213 g/mol. The van der Waals surface area contributed by atoms with E-state index in [1.807, 2.05) is 13.8 Å². The van der Waals surface area contributed by atoms with Gasteiger partial charge in [-0.05, 0) is 27.7 Å². The van der Waals surface area contributed by atoms with Gasteiger partial charge in [0, 0.05) is 24.0 Å². The maximum atomic E-state index is 5.86. The first-order chi connectivity index (χ1) is 6.60. The van der Waals surface area contributed by atoms with Crippen LogP contribution in [0.4, 0.5) is 5.13 Å². The zero-order valence-electron chi connectivity index (χ0n) is 9.37.